The van der Waals surface area contributed by atoms with Crippen LogP contribution >= 0.6 is 11.3 Å². The molecule has 0 amide bonds. The SMILES string of the molecule is CC(CN)C1CCCCCC1c1cccs1. The molecule has 2 heteroatoms. The number of hydrogen-bond acceptors (Lipinski definition) is 2. The second kappa shape index (κ2) is 5.83. The first-order valence-electron chi connectivity index (χ1n) is 6.56. The molecule has 0 bridgehead atoms. The molecule has 1 aliphatic rings. The summed E-state index contributed by atoms with van der Waals surface area (Å²) < 4.78 is 0. The summed E-state index contributed by atoms with van der Waals surface area (Å²) in [5.74, 6) is 2.26. The molecule has 3 unspecified atom stereocenters. The minimum atomic E-state index is 0.671. The minimum absolute atomic E-state index is 0.671. The predicted molar refractivity (Wildman–Crippen MR) is 71.9 cm³/mol. The van der Waals surface area contributed by atoms with E-state index >= 15 is 0 Å². The van der Waals surface area contributed by atoms with Crippen molar-refractivity contribution < 1.29 is 0 Å². The zero-order valence-electron chi connectivity index (χ0n) is 10.2. The van der Waals surface area contributed by atoms with Crippen LogP contribution in [0, 0.1) is 11.8 Å². The number of hydrogen-bond donors (Lipinski definition) is 1. The fourth-order valence-electron chi connectivity index (χ4n) is 3.05. The lowest BCUT2D eigenvalue weighted by Gasteiger charge is -2.29. The molecule has 0 spiro atoms. The highest BCUT2D eigenvalue weighted by molar-refractivity contribution is 7.10. The van der Waals surface area contributed by atoms with E-state index in [0.29, 0.717) is 5.92 Å². The van der Waals surface area contributed by atoms with Crippen LogP contribution in [-0.4, -0.2) is 6.54 Å². The van der Waals surface area contributed by atoms with E-state index in [4.69, 9.17) is 5.73 Å². The maximum absolute atomic E-state index is 5.87. The van der Waals surface area contributed by atoms with Crippen LogP contribution in [0.4, 0.5) is 0 Å². The summed E-state index contributed by atoms with van der Waals surface area (Å²) in [6.07, 6.45) is 6.96. The molecule has 0 aromatic carbocycles. The monoisotopic (exact) mass is 237 g/mol. The van der Waals surface area contributed by atoms with E-state index in [0.717, 1.165) is 18.4 Å². The Morgan fingerprint density at radius 2 is 2.19 bits per heavy atom. The molecular weight excluding hydrogens is 214 g/mol. The van der Waals surface area contributed by atoms with Crippen LogP contribution in [0.1, 0.15) is 49.8 Å². The Morgan fingerprint density at radius 1 is 1.38 bits per heavy atom. The molecule has 0 saturated heterocycles. The molecule has 3 atom stereocenters. The van der Waals surface area contributed by atoms with Crippen LogP contribution < -0.4 is 5.73 Å². The molecule has 0 aliphatic heterocycles. The molecule has 2 N–H and O–H groups in total. The van der Waals surface area contributed by atoms with Crippen molar-refractivity contribution in [1.29, 1.82) is 0 Å². The maximum atomic E-state index is 5.87. The maximum Gasteiger partial charge on any atom is 0.00790 e. The Morgan fingerprint density at radius 3 is 2.88 bits per heavy atom. The topological polar surface area (TPSA) is 26.0 Å². The predicted octanol–water partition coefficient (Wildman–Crippen LogP) is 4.01. The fraction of sp³-hybridized carbons (Fsp3) is 0.714. The van der Waals surface area contributed by atoms with Crippen LogP contribution in [0.5, 0.6) is 0 Å². The third kappa shape index (κ3) is 2.67. The van der Waals surface area contributed by atoms with E-state index in [-0.39, 0.29) is 0 Å². The highest BCUT2D eigenvalue weighted by atomic mass is 32.1. The molecule has 1 aromatic rings. The molecule has 90 valence electrons. The first-order valence-corrected chi connectivity index (χ1v) is 7.44. The third-order valence-corrected chi connectivity index (χ3v) is 5.08. The van der Waals surface area contributed by atoms with E-state index < -0.39 is 0 Å². The largest absolute Gasteiger partial charge is 0.330 e. The highest BCUT2D eigenvalue weighted by Gasteiger charge is 2.29. The zero-order valence-corrected chi connectivity index (χ0v) is 11.0. The van der Waals surface area contributed by atoms with Crippen molar-refractivity contribution in [1.82, 2.24) is 0 Å². The fourth-order valence-corrected chi connectivity index (χ4v) is 3.99. The van der Waals surface area contributed by atoms with Crippen molar-refractivity contribution in [3.05, 3.63) is 22.4 Å². The van der Waals surface area contributed by atoms with E-state index in [1.165, 1.54) is 32.1 Å². The van der Waals surface area contributed by atoms with Crippen LogP contribution in [0.2, 0.25) is 0 Å². The summed E-state index contributed by atoms with van der Waals surface area (Å²) in [5.41, 5.74) is 5.87. The van der Waals surface area contributed by atoms with Crippen LogP contribution in [0.25, 0.3) is 0 Å². The number of rotatable bonds is 3. The molecular formula is C14H23NS. The van der Waals surface area contributed by atoms with Gasteiger partial charge in [-0.15, -0.1) is 11.3 Å². The van der Waals surface area contributed by atoms with E-state index in [2.05, 4.69) is 24.4 Å². The standard InChI is InChI=1S/C14H23NS/c1-11(10-15)12-6-3-2-4-7-13(12)14-8-5-9-16-14/h5,8-9,11-13H,2-4,6-7,10,15H2,1H3. The summed E-state index contributed by atoms with van der Waals surface area (Å²) in [6, 6.07) is 4.51. The average molecular weight is 237 g/mol. The van der Waals surface area contributed by atoms with Gasteiger partial charge >= 0.3 is 0 Å². The second-order valence-electron chi connectivity index (χ2n) is 5.14. The molecule has 1 fully saturated rings. The van der Waals surface area contributed by atoms with E-state index in [9.17, 15) is 0 Å². The second-order valence-corrected chi connectivity index (χ2v) is 6.12. The van der Waals surface area contributed by atoms with Crippen molar-refractivity contribution in [2.24, 2.45) is 17.6 Å². The van der Waals surface area contributed by atoms with E-state index in [1.807, 2.05) is 11.3 Å². The highest BCUT2D eigenvalue weighted by Crippen LogP contribution is 2.41. The molecule has 2 rings (SSSR count). The molecule has 1 aromatic heterocycles. The number of nitrogens with two attached hydrogens (primary N) is 1. The van der Waals surface area contributed by atoms with Gasteiger partial charge in [-0.05, 0) is 48.6 Å². The van der Waals surface area contributed by atoms with Gasteiger partial charge in [0.2, 0.25) is 0 Å². The lowest BCUT2D eigenvalue weighted by Crippen LogP contribution is -2.25. The van der Waals surface area contributed by atoms with Crippen molar-refractivity contribution >= 4 is 11.3 Å². The minimum Gasteiger partial charge on any atom is -0.330 e. The van der Waals surface area contributed by atoms with Gasteiger partial charge in [-0.1, -0.05) is 32.3 Å². The number of thiophene rings is 1. The lowest BCUT2D eigenvalue weighted by atomic mass is 9.78. The molecule has 0 radical (unpaired) electrons. The van der Waals surface area contributed by atoms with Gasteiger partial charge < -0.3 is 5.73 Å². The molecule has 1 saturated carbocycles. The third-order valence-electron chi connectivity index (χ3n) is 4.08. The van der Waals surface area contributed by atoms with Gasteiger partial charge in [0.25, 0.3) is 0 Å². The summed E-state index contributed by atoms with van der Waals surface area (Å²) in [6.45, 7) is 3.17. The molecule has 1 aliphatic carbocycles. The van der Waals surface area contributed by atoms with Gasteiger partial charge in [-0.2, -0.15) is 0 Å². The Hall–Kier alpha value is -0.340. The van der Waals surface area contributed by atoms with Gasteiger partial charge in [-0.3, -0.25) is 0 Å². The van der Waals surface area contributed by atoms with Crippen molar-refractivity contribution in [3.63, 3.8) is 0 Å². The molecule has 16 heavy (non-hydrogen) atoms. The molecule has 1 heterocycles. The van der Waals surface area contributed by atoms with Crippen molar-refractivity contribution in [3.8, 4) is 0 Å². The van der Waals surface area contributed by atoms with Gasteiger partial charge in [0, 0.05) is 4.88 Å². The summed E-state index contributed by atoms with van der Waals surface area (Å²) in [7, 11) is 0. The van der Waals surface area contributed by atoms with Crippen LogP contribution in [0.3, 0.4) is 0 Å². The zero-order chi connectivity index (χ0) is 11.4. The van der Waals surface area contributed by atoms with Gasteiger partial charge in [0.05, 0.1) is 0 Å². The van der Waals surface area contributed by atoms with Crippen LogP contribution in [-0.2, 0) is 0 Å². The van der Waals surface area contributed by atoms with Crippen molar-refractivity contribution in [2.45, 2.75) is 44.9 Å². The van der Waals surface area contributed by atoms with Crippen LogP contribution in [0.15, 0.2) is 17.5 Å². The smallest absolute Gasteiger partial charge is 0.00790 e. The van der Waals surface area contributed by atoms with Gasteiger partial charge in [0.1, 0.15) is 0 Å². The summed E-state index contributed by atoms with van der Waals surface area (Å²) in [5, 5.41) is 2.21. The Labute approximate surface area is 103 Å². The Bertz CT molecular complexity index is 294. The first kappa shape index (κ1) is 12.1. The average Bonchev–Trinajstić information content (AvgIpc) is 2.72. The Kier molecular flexibility index (Phi) is 4.42. The summed E-state index contributed by atoms with van der Waals surface area (Å²) in [4.78, 5) is 1.59. The van der Waals surface area contributed by atoms with Crippen molar-refractivity contribution in [2.75, 3.05) is 6.54 Å². The lowest BCUT2D eigenvalue weighted by molar-refractivity contribution is 0.290. The normalized spacial score (nSPS) is 28.6. The van der Waals surface area contributed by atoms with Gasteiger partial charge in [0.15, 0.2) is 0 Å². The first-order chi connectivity index (χ1) is 7.83. The Balaban J connectivity index is 2.16. The van der Waals surface area contributed by atoms with E-state index in [1.54, 1.807) is 4.88 Å². The van der Waals surface area contributed by atoms with Gasteiger partial charge in [-0.25, -0.2) is 0 Å². The summed E-state index contributed by atoms with van der Waals surface area (Å²) >= 11 is 1.93. The quantitative estimate of drug-likeness (QED) is 0.790. The molecule has 1 nitrogen and oxygen atoms in total.